The standard InChI is InChI=1S/C20H25N3O5/c1-12(2)11-23-19(27)15-6-5-14(10-16(15)20(23)28)18(26)22-9-8-21-17(25)7-4-13(3)24/h5-6,10,12H,4,7-9,11H2,1-3H3,(H,21,25)(H,22,26). The van der Waals surface area contributed by atoms with Gasteiger partial charge in [-0.15, -0.1) is 0 Å². The normalized spacial score (nSPS) is 12.9. The lowest BCUT2D eigenvalue weighted by atomic mass is 10.1. The van der Waals surface area contributed by atoms with Crippen molar-refractivity contribution in [3.05, 3.63) is 34.9 Å². The van der Waals surface area contributed by atoms with E-state index in [1.165, 1.54) is 30.0 Å². The topological polar surface area (TPSA) is 113 Å². The minimum atomic E-state index is -0.400. The van der Waals surface area contributed by atoms with Crippen LogP contribution >= 0.6 is 0 Å². The molecule has 1 aliphatic rings. The fraction of sp³-hybridized carbons (Fsp3) is 0.450. The molecule has 0 radical (unpaired) electrons. The van der Waals surface area contributed by atoms with Crippen molar-refractivity contribution < 1.29 is 24.0 Å². The first-order chi connectivity index (χ1) is 13.2. The van der Waals surface area contributed by atoms with Crippen LogP contribution < -0.4 is 10.6 Å². The summed E-state index contributed by atoms with van der Waals surface area (Å²) in [5, 5.41) is 5.26. The van der Waals surface area contributed by atoms with Crippen molar-refractivity contribution in [2.45, 2.75) is 33.6 Å². The molecule has 0 atom stereocenters. The smallest absolute Gasteiger partial charge is 0.261 e. The van der Waals surface area contributed by atoms with E-state index in [2.05, 4.69) is 10.6 Å². The van der Waals surface area contributed by atoms with E-state index in [9.17, 15) is 24.0 Å². The first kappa shape index (κ1) is 21.3. The van der Waals surface area contributed by atoms with Crippen LogP contribution in [0.15, 0.2) is 18.2 Å². The average Bonchev–Trinajstić information content (AvgIpc) is 2.87. The van der Waals surface area contributed by atoms with Gasteiger partial charge in [0, 0.05) is 38.0 Å². The number of rotatable bonds is 9. The second kappa shape index (κ2) is 9.25. The van der Waals surface area contributed by atoms with E-state index < -0.39 is 5.91 Å². The Hall–Kier alpha value is -3.03. The Morgan fingerprint density at radius 2 is 1.61 bits per heavy atom. The number of imide groups is 1. The van der Waals surface area contributed by atoms with E-state index in [1.807, 2.05) is 13.8 Å². The molecule has 28 heavy (non-hydrogen) atoms. The molecular formula is C20H25N3O5. The number of nitrogens with zero attached hydrogens (tertiary/aromatic N) is 1. The fourth-order valence-corrected chi connectivity index (χ4v) is 2.82. The lowest BCUT2D eigenvalue weighted by Crippen LogP contribution is -2.34. The maximum atomic E-state index is 12.5. The summed E-state index contributed by atoms with van der Waals surface area (Å²) < 4.78 is 0. The van der Waals surface area contributed by atoms with E-state index in [1.54, 1.807) is 0 Å². The second-order valence-corrected chi connectivity index (χ2v) is 7.18. The van der Waals surface area contributed by atoms with Crippen molar-refractivity contribution in [3.8, 4) is 0 Å². The molecule has 0 aromatic heterocycles. The number of carbonyl (C=O) groups is 5. The van der Waals surface area contributed by atoms with Crippen molar-refractivity contribution in [1.82, 2.24) is 15.5 Å². The predicted molar refractivity (Wildman–Crippen MR) is 102 cm³/mol. The average molecular weight is 387 g/mol. The first-order valence-electron chi connectivity index (χ1n) is 9.25. The van der Waals surface area contributed by atoms with Gasteiger partial charge in [0.15, 0.2) is 0 Å². The molecule has 1 aromatic carbocycles. The summed E-state index contributed by atoms with van der Waals surface area (Å²) in [7, 11) is 0. The van der Waals surface area contributed by atoms with Crippen LogP contribution in [0.25, 0.3) is 0 Å². The zero-order chi connectivity index (χ0) is 20.8. The summed E-state index contributed by atoms with van der Waals surface area (Å²) in [4.78, 5) is 60.6. The van der Waals surface area contributed by atoms with Gasteiger partial charge in [0.2, 0.25) is 5.91 Å². The molecule has 2 N–H and O–H groups in total. The Bertz CT molecular complexity index is 816. The summed E-state index contributed by atoms with van der Waals surface area (Å²) in [6.07, 6.45) is 0.311. The number of amides is 4. The van der Waals surface area contributed by atoms with E-state index in [4.69, 9.17) is 0 Å². The van der Waals surface area contributed by atoms with Crippen LogP contribution in [0.5, 0.6) is 0 Å². The van der Waals surface area contributed by atoms with E-state index in [0.29, 0.717) is 12.1 Å². The highest BCUT2D eigenvalue weighted by molar-refractivity contribution is 6.22. The molecule has 4 amide bonds. The van der Waals surface area contributed by atoms with Gasteiger partial charge in [-0.25, -0.2) is 0 Å². The molecule has 0 fully saturated rings. The number of carbonyl (C=O) groups excluding carboxylic acids is 5. The molecule has 0 saturated heterocycles. The van der Waals surface area contributed by atoms with Crippen molar-refractivity contribution in [2.75, 3.05) is 19.6 Å². The van der Waals surface area contributed by atoms with Gasteiger partial charge in [0.05, 0.1) is 11.1 Å². The van der Waals surface area contributed by atoms with Gasteiger partial charge < -0.3 is 15.4 Å². The molecule has 150 valence electrons. The minimum Gasteiger partial charge on any atom is -0.354 e. The molecule has 8 heteroatoms. The van der Waals surface area contributed by atoms with Gasteiger partial charge in [-0.1, -0.05) is 13.8 Å². The molecular weight excluding hydrogens is 362 g/mol. The molecule has 0 saturated carbocycles. The molecule has 8 nitrogen and oxygen atoms in total. The van der Waals surface area contributed by atoms with Crippen molar-refractivity contribution in [1.29, 1.82) is 0 Å². The van der Waals surface area contributed by atoms with E-state index >= 15 is 0 Å². The van der Waals surface area contributed by atoms with Gasteiger partial charge >= 0.3 is 0 Å². The summed E-state index contributed by atoms with van der Waals surface area (Å²) in [6.45, 7) is 6.02. The number of fused-ring (bicyclic) bond motifs is 1. The molecule has 1 aromatic rings. The minimum absolute atomic E-state index is 0.0555. The van der Waals surface area contributed by atoms with Crippen LogP contribution in [0.4, 0.5) is 0 Å². The maximum absolute atomic E-state index is 12.5. The third-order valence-electron chi connectivity index (χ3n) is 4.22. The Morgan fingerprint density at radius 1 is 0.964 bits per heavy atom. The zero-order valence-corrected chi connectivity index (χ0v) is 16.3. The summed E-state index contributed by atoms with van der Waals surface area (Å²) >= 11 is 0. The molecule has 0 unspecified atom stereocenters. The number of benzene rings is 1. The monoisotopic (exact) mass is 387 g/mol. The van der Waals surface area contributed by atoms with Crippen molar-refractivity contribution in [3.63, 3.8) is 0 Å². The third kappa shape index (κ3) is 5.25. The van der Waals surface area contributed by atoms with Gasteiger partial charge in [-0.3, -0.25) is 24.1 Å². The van der Waals surface area contributed by atoms with E-state index in [-0.39, 0.29) is 66.5 Å². The highest BCUT2D eigenvalue weighted by Crippen LogP contribution is 2.24. The zero-order valence-electron chi connectivity index (χ0n) is 16.3. The third-order valence-corrected chi connectivity index (χ3v) is 4.22. The van der Waals surface area contributed by atoms with Crippen molar-refractivity contribution >= 4 is 29.4 Å². The SMILES string of the molecule is CC(=O)CCC(=O)NCCNC(=O)c1ccc2c(c1)C(=O)N(CC(C)C)C2=O. The number of hydrogen-bond acceptors (Lipinski definition) is 5. The number of Topliss-reactive ketones (excluding diaryl/α,β-unsaturated/α-hetero) is 1. The van der Waals surface area contributed by atoms with Gasteiger partial charge in [0.25, 0.3) is 17.7 Å². The summed E-state index contributed by atoms with van der Waals surface area (Å²) in [6, 6.07) is 4.43. The molecule has 2 rings (SSSR count). The lowest BCUT2D eigenvalue weighted by Gasteiger charge is -2.15. The maximum Gasteiger partial charge on any atom is 0.261 e. The Kier molecular flexibility index (Phi) is 7.03. The number of ketones is 1. The molecule has 0 aliphatic carbocycles. The van der Waals surface area contributed by atoms with Crippen LogP contribution in [-0.2, 0) is 9.59 Å². The molecule has 1 aliphatic heterocycles. The lowest BCUT2D eigenvalue weighted by molar-refractivity contribution is -0.124. The molecule has 1 heterocycles. The Balaban J connectivity index is 1.90. The largest absolute Gasteiger partial charge is 0.354 e. The number of hydrogen-bond donors (Lipinski definition) is 2. The van der Waals surface area contributed by atoms with Gasteiger partial charge in [-0.2, -0.15) is 0 Å². The Labute approximate surface area is 163 Å². The quantitative estimate of drug-likeness (QED) is 0.488. The number of nitrogens with one attached hydrogen (secondary N) is 2. The van der Waals surface area contributed by atoms with Crippen molar-refractivity contribution in [2.24, 2.45) is 5.92 Å². The van der Waals surface area contributed by atoms with Crippen LogP contribution in [0.1, 0.15) is 64.7 Å². The van der Waals surface area contributed by atoms with Crippen LogP contribution in [0, 0.1) is 5.92 Å². The molecule has 0 spiro atoms. The summed E-state index contributed by atoms with van der Waals surface area (Å²) in [5.74, 6) is -1.29. The van der Waals surface area contributed by atoms with Gasteiger partial charge in [-0.05, 0) is 31.0 Å². The van der Waals surface area contributed by atoms with Crippen LogP contribution in [0.2, 0.25) is 0 Å². The second-order valence-electron chi connectivity index (χ2n) is 7.18. The highest BCUT2D eigenvalue weighted by Gasteiger charge is 2.36. The Morgan fingerprint density at radius 3 is 2.25 bits per heavy atom. The van der Waals surface area contributed by atoms with Crippen LogP contribution in [0.3, 0.4) is 0 Å². The van der Waals surface area contributed by atoms with Crippen LogP contribution in [-0.4, -0.2) is 53.9 Å². The molecule has 0 bridgehead atoms. The predicted octanol–water partition coefficient (Wildman–Crippen LogP) is 1.15. The van der Waals surface area contributed by atoms with E-state index in [0.717, 1.165) is 0 Å². The fourth-order valence-electron chi connectivity index (χ4n) is 2.82. The summed E-state index contributed by atoms with van der Waals surface area (Å²) in [5.41, 5.74) is 0.810. The highest BCUT2D eigenvalue weighted by atomic mass is 16.2. The first-order valence-corrected chi connectivity index (χ1v) is 9.25. The van der Waals surface area contributed by atoms with Gasteiger partial charge in [0.1, 0.15) is 5.78 Å².